The summed E-state index contributed by atoms with van der Waals surface area (Å²) in [6.07, 6.45) is 2.19. The Labute approximate surface area is 184 Å². The van der Waals surface area contributed by atoms with E-state index in [1.54, 1.807) is 12.1 Å². The van der Waals surface area contributed by atoms with Crippen molar-refractivity contribution < 1.29 is 13.2 Å². The molecule has 1 N–H and O–H groups in total. The lowest BCUT2D eigenvalue weighted by atomic mass is 10.0. The second-order valence-corrected chi connectivity index (χ2v) is 10.7. The Kier molecular flexibility index (Phi) is 5.15. The summed E-state index contributed by atoms with van der Waals surface area (Å²) in [6.45, 7) is 5.53. The van der Waals surface area contributed by atoms with Crippen LogP contribution in [0.5, 0.6) is 0 Å². The lowest BCUT2D eigenvalue weighted by molar-refractivity contribution is 0.120. The number of anilines is 1. The first kappa shape index (κ1) is 20.3. The van der Waals surface area contributed by atoms with E-state index in [0.717, 1.165) is 35.2 Å². The van der Waals surface area contributed by atoms with Crippen LogP contribution in [-0.2, 0) is 14.6 Å². The van der Waals surface area contributed by atoms with Crippen LogP contribution >= 0.6 is 11.3 Å². The largest absolute Gasteiger partial charge is 0.376 e. The van der Waals surface area contributed by atoms with Crippen molar-refractivity contribution in [1.82, 2.24) is 19.8 Å². The van der Waals surface area contributed by atoms with Gasteiger partial charge in [-0.05, 0) is 47.9 Å². The van der Waals surface area contributed by atoms with E-state index in [-0.39, 0.29) is 21.7 Å². The van der Waals surface area contributed by atoms with Gasteiger partial charge in [0.2, 0.25) is 14.9 Å². The maximum Gasteiger partial charge on any atom is 0.229 e. The third-order valence-electron chi connectivity index (χ3n) is 5.56. The number of nitrogens with zero attached hydrogens (tertiary/aromatic N) is 4. The number of benzene rings is 1. The summed E-state index contributed by atoms with van der Waals surface area (Å²) in [5.41, 5.74) is 2.06. The molecule has 0 bridgehead atoms. The summed E-state index contributed by atoms with van der Waals surface area (Å²) in [5.74, 6) is 0.944. The number of aromatic nitrogens is 4. The molecule has 1 aliphatic heterocycles. The smallest absolute Gasteiger partial charge is 0.229 e. The predicted octanol–water partition coefficient (Wildman–Crippen LogP) is 3.89. The third kappa shape index (κ3) is 3.58. The SMILES string of the molecule is CC(C)c1ccc(S(=O)(=O)c2nnn3c2nc(NC[C@@H]2CCCO2)c2sccc23)cc1. The van der Waals surface area contributed by atoms with Crippen LogP contribution in [0.2, 0.25) is 0 Å². The monoisotopic (exact) mass is 457 g/mol. The van der Waals surface area contributed by atoms with Crippen molar-refractivity contribution >= 4 is 42.9 Å². The Balaban J connectivity index is 1.58. The van der Waals surface area contributed by atoms with Crippen LogP contribution in [0, 0.1) is 0 Å². The Morgan fingerprint density at radius 2 is 2.06 bits per heavy atom. The second-order valence-electron chi connectivity index (χ2n) is 7.97. The number of hydrogen-bond acceptors (Lipinski definition) is 8. The molecule has 1 atom stereocenters. The van der Waals surface area contributed by atoms with E-state index in [1.165, 1.54) is 15.9 Å². The Bertz CT molecular complexity index is 1340. The average molecular weight is 458 g/mol. The number of nitrogens with one attached hydrogen (secondary N) is 1. The summed E-state index contributed by atoms with van der Waals surface area (Å²) in [5, 5.41) is 13.3. The van der Waals surface area contributed by atoms with Crippen molar-refractivity contribution in [2.75, 3.05) is 18.5 Å². The first-order valence-corrected chi connectivity index (χ1v) is 12.6. The highest BCUT2D eigenvalue weighted by Crippen LogP contribution is 2.31. The third-order valence-corrected chi connectivity index (χ3v) is 8.13. The quantitative estimate of drug-likeness (QED) is 0.469. The molecule has 0 radical (unpaired) electrons. The molecule has 0 spiro atoms. The zero-order chi connectivity index (χ0) is 21.6. The van der Waals surface area contributed by atoms with Crippen molar-refractivity contribution in [3.8, 4) is 0 Å². The zero-order valence-electron chi connectivity index (χ0n) is 17.3. The van der Waals surface area contributed by atoms with Gasteiger partial charge in [0.25, 0.3) is 0 Å². The molecule has 8 nitrogen and oxygen atoms in total. The Hall–Kier alpha value is -2.56. The minimum atomic E-state index is -3.87. The van der Waals surface area contributed by atoms with Gasteiger partial charge < -0.3 is 10.1 Å². The first-order valence-electron chi connectivity index (χ1n) is 10.3. The van der Waals surface area contributed by atoms with Crippen LogP contribution in [0.15, 0.2) is 45.6 Å². The van der Waals surface area contributed by atoms with Gasteiger partial charge in [-0.2, -0.15) is 4.52 Å². The van der Waals surface area contributed by atoms with Gasteiger partial charge in [0.15, 0.2) is 5.65 Å². The van der Waals surface area contributed by atoms with Gasteiger partial charge in [0.1, 0.15) is 5.82 Å². The molecule has 4 heterocycles. The molecule has 31 heavy (non-hydrogen) atoms. The number of ether oxygens (including phenoxy) is 1. The molecular weight excluding hydrogens is 434 g/mol. The normalized spacial score (nSPS) is 17.2. The standard InChI is InChI=1S/C21H23N5O3S2/c1-13(2)14-5-7-16(8-6-14)31(27,28)21-20-23-19(22-12-15-4-3-10-29-15)18-17(9-11-30-18)26(20)25-24-21/h5-9,11,13,15H,3-4,10,12H2,1-2H3,(H,22,23)/t15-/m0/s1. The van der Waals surface area contributed by atoms with Crippen molar-refractivity contribution in [3.05, 3.63) is 41.3 Å². The number of sulfone groups is 1. The number of thiophene rings is 1. The van der Waals surface area contributed by atoms with Gasteiger partial charge in [-0.1, -0.05) is 31.2 Å². The fourth-order valence-electron chi connectivity index (χ4n) is 3.78. The van der Waals surface area contributed by atoms with Crippen molar-refractivity contribution in [3.63, 3.8) is 0 Å². The first-order chi connectivity index (χ1) is 14.9. The van der Waals surface area contributed by atoms with E-state index in [2.05, 4.69) is 34.5 Å². The van der Waals surface area contributed by atoms with E-state index in [1.807, 2.05) is 23.6 Å². The van der Waals surface area contributed by atoms with E-state index < -0.39 is 9.84 Å². The molecule has 1 fully saturated rings. The van der Waals surface area contributed by atoms with Gasteiger partial charge in [-0.3, -0.25) is 0 Å². The molecule has 1 aromatic carbocycles. The zero-order valence-corrected chi connectivity index (χ0v) is 18.9. The van der Waals surface area contributed by atoms with E-state index in [4.69, 9.17) is 4.74 Å². The number of hydrogen-bond donors (Lipinski definition) is 1. The van der Waals surface area contributed by atoms with Crippen LogP contribution in [0.4, 0.5) is 5.82 Å². The van der Waals surface area contributed by atoms with Gasteiger partial charge in [0.05, 0.1) is 21.2 Å². The van der Waals surface area contributed by atoms with Gasteiger partial charge >= 0.3 is 0 Å². The lowest BCUT2D eigenvalue weighted by Gasteiger charge is -2.12. The molecule has 10 heteroatoms. The molecule has 162 valence electrons. The highest BCUT2D eigenvalue weighted by molar-refractivity contribution is 7.91. The molecular formula is C21H23N5O3S2. The maximum atomic E-state index is 13.3. The van der Waals surface area contributed by atoms with E-state index in [0.29, 0.717) is 18.3 Å². The number of fused-ring (bicyclic) bond motifs is 3. The van der Waals surface area contributed by atoms with Gasteiger partial charge in [0, 0.05) is 13.2 Å². The van der Waals surface area contributed by atoms with Crippen LogP contribution in [0.1, 0.15) is 38.2 Å². The summed E-state index contributed by atoms with van der Waals surface area (Å²) < 4.78 is 34.8. The van der Waals surface area contributed by atoms with Gasteiger partial charge in [-0.15, -0.1) is 16.4 Å². The van der Waals surface area contributed by atoms with Crippen molar-refractivity contribution in [2.45, 2.75) is 48.6 Å². The molecule has 0 amide bonds. The fraction of sp³-hybridized carbons (Fsp3) is 0.381. The molecule has 1 aliphatic rings. The van der Waals surface area contributed by atoms with Crippen molar-refractivity contribution in [2.24, 2.45) is 0 Å². The summed E-state index contributed by atoms with van der Waals surface area (Å²) >= 11 is 1.52. The van der Waals surface area contributed by atoms with Crippen LogP contribution < -0.4 is 5.32 Å². The molecule has 0 aliphatic carbocycles. The fourth-order valence-corrected chi connectivity index (χ4v) is 5.85. The van der Waals surface area contributed by atoms with Crippen LogP contribution in [0.3, 0.4) is 0 Å². The lowest BCUT2D eigenvalue weighted by Crippen LogP contribution is -2.19. The average Bonchev–Trinajstić information content (AvgIpc) is 3.52. The summed E-state index contributed by atoms with van der Waals surface area (Å²) in [6, 6.07) is 8.81. The summed E-state index contributed by atoms with van der Waals surface area (Å²) in [7, 11) is -3.87. The van der Waals surface area contributed by atoms with Crippen LogP contribution in [-0.4, -0.2) is 47.5 Å². The van der Waals surface area contributed by atoms with Crippen LogP contribution in [0.25, 0.3) is 15.9 Å². The van der Waals surface area contributed by atoms with Crippen molar-refractivity contribution in [1.29, 1.82) is 0 Å². The molecule has 3 aromatic heterocycles. The molecule has 1 saturated heterocycles. The topological polar surface area (TPSA) is 98.5 Å². The highest BCUT2D eigenvalue weighted by atomic mass is 32.2. The molecule has 4 aromatic rings. The highest BCUT2D eigenvalue weighted by Gasteiger charge is 2.27. The molecule has 0 saturated carbocycles. The Morgan fingerprint density at radius 3 is 2.77 bits per heavy atom. The number of rotatable bonds is 6. The van der Waals surface area contributed by atoms with Gasteiger partial charge in [-0.25, -0.2) is 13.4 Å². The summed E-state index contributed by atoms with van der Waals surface area (Å²) in [4.78, 5) is 4.82. The maximum absolute atomic E-state index is 13.3. The minimum Gasteiger partial charge on any atom is -0.376 e. The van der Waals surface area contributed by atoms with E-state index >= 15 is 0 Å². The Morgan fingerprint density at radius 1 is 1.26 bits per heavy atom. The molecule has 5 rings (SSSR count). The second kappa shape index (κ2) is 7.85. The molecule has 0 unspecified atom stereocenters. The van der Waals surface area contributed by atoms with E-state index in [9.17, 15) is 8.42 Å². The minimum absolute atomic E-state index is 0.138. The predicted molar refractivity (Wildman–Crippen MR) is 120 cm³/mol.